The molecule has 2 saturated carbocycles. The molecule has 7 N–H and O–H groups in total. The molecule has 45 heavy (non-hydrogen) atoms. The fourth-order valence-corrected chi connectivity index (χ4v) is 6.70. The predicted octanol–water partition coefficient (Wildman–Crippen LogP) is 0.843. The smallest absolute Gasteiger partial charge is 0.219 e. The molecule has 0 spiro atoms. The third-order valence-electron chi connectivity index (χ3n) is 9.38. The van der Waals surface area contributed by atoms with Crippen LogP contribution in [0.15, 0.2) is 36.6 Å². The zero-order chi connectivity index (χ0) is 32.6. The summed E-state index contributed by atoms with van der Waals surface area (Å²) in [7, 11) is 0. The third kappa shape index (κ3) is 9.59. The highest BCUT2D eigenvalue weighted by molar-refractivity contribution is 5.75. The van der Waals surface area contributed by atoms with Gasteiger partial charge in [-0.2, -0.15) is 0 Å². The number of carbonyl (C=O) groups is 1. The summed E-state index contributed by atoms with van der Waals surface area (Å²) in [6, 6.07) is 0.512. The quantitative estimate of drug-likeness (QED) is 0.0940. The Morgan fingerprint density at radius 2 is 1.98 bits per heavy atom. The summed E-state index contributed by atoms with van der Waals surface area (Å²) in [5, 5.41) is 65.9. The van der Waals surface area contributed by atoms with Crippen molar-refractivity contribution in [3.05, 3.63) is 36.6 Å². The number of ether oxygens (including phenoxy) is 3. The van der Waals surface area contributed by atoms with E-state index in [4.69, 9.17) is 14.2 Å². The second-order valence-corrected chi connectivity index (χ2v) is 12.9. The van der Waals surface area contributed by atoms with Gasteiger partial charge in [-0.25, -0.2) is 0 Å². The molecule has 2 aliphatic carbocycles. The van der Waals surface area contributed by atoms with Crippen LogP contribution in [0.5, 0.6) is 0 Å². The van der Waals surface area contributed by atoms with Crippen molar-refractivity contribution in [1.82, 2.24) is 10.2 Å². The molecule has 1 amide bonds. The molecule has 4 rings (SSSR count). The Morgan fingerprint density at radius 3 is 2.69 bits per heavy atom. The Morgan fingerprint density at radius 1 is 1.20 bits per heavy atom. The van der Waals surface area contributed by atoms with Crippen LogP contribution in [0.4, 0.5) is 0 Å². The van der Waals surface area contributed by atoms with Crippen molar-refractivity contribution >= 4 is 5.91 Å². The van der Waals surface area contributed by atoms with Crippen molar-refractivity contribution < 1.29 is 49.6 Å². The molecule has 2 aliphatic heterocycles. The first-order valence-corrected chi connectivity index (χ1v) is 16.6. The first kappa shape index (κ1) is 36.0. The fourth-order valence-electron chi connectivity index (χ4n) is 6.70. The van der Waals surface area contributed by atoms with Gasteiger partial charge in [0.25, 0.3) is 0 Å². The lowest BCUT2D eigenvalue weighted by molar-refractivity contribution is -0.369. The van der Waals surface area contributed by atoms with Crippen LogP contribution in [-0.2, 0) is 19.0 Å². The van der Waals surface area contributed by atoms with Crippen molar-refractivity contribution in [2.75, 3.05) is 19.8 Å². The van der Waals surface area contributed by atoms with Gasteiger partial charge in [0.1, 0.15) is 30.6 Å². The number of carbonyl (C=O) groups excluding carboxylic acids is 1. The van der Waals surface area contributed by atoms with E-state index in [1.54, 1.807) is 6.08 Å². The van der Waals surface area contributed by atoms with Crippen LogP contribution in [-0.4, -0.2) is 122 Å². The van der Waals surface area contributed by atoms with E-state index in [2.05, 4.69) is 16.4 Å². The van der Waals surface area contributed by atoms with E-state index in [0.717, 1.165) is 12.8 Å². The lowest BCUT2D eigenvalue weighted by Gasteiger charge is -2.47. The monoisotopic (exact) mass is 638 g/mol. The molecule has 2 heterocycles. The lowest BCUT2D eigenvalue weighted by atomic mass is 9.88. The van der Waals surface area contributed by atoms with Crippen LogP contribution < -0.4 is 5.32 Å². The number of hydrogen-bond donors (Lipinski definition) is 7. The fraction of sp³-hybridized carbons (Fsp3) is 0.788. The Kier molecular flexibility index (Phi) is 13.4. The van der Waals surface area contributed by atoms with Gasteiger partial charge in [-0.15, -0.1) is 0 Å². The maximum atomic E-state index is 11.8. The molecule has 0 radical (unpaired) electrons. The molecule has 0 aromatic rings. The van der Waals surface area contributed by atoms with Crippen molar-refractivity contribution in [3.8, 4) is 0 Å². The van der Waals surface area contributed by atoms with Crippen LogP contribution in [0, 0.1) is 11.8 Å². The van der Waals surface area contributed by atoms with Gasteiger partial charge in [0.15, 0.2) is 5.79 Å². The minimum absolute atomic E-state index is 0.0153. The summed E-state index contributed by atoms with van der Waals surface area (Å²) < 4.78 is 18.0. The lowest BCUT2D eigenvalue weighted by Crippen LogP contribution is -2.65. The molecule has 11 atom stereocenters. The van der Waals surface area contributed by atoms with E-state index in [9.17, 15) is 35.4 Å². The summed E-state index contributed by atoms with van der Waals surface area (Å²) in [6.45, 7) is 3.91. The Bertz CT molecular complexity index is 1020. The summed E-state index contributed by atoms with van der Waals surface area (Å²) in [5.74, 6) is -2.38. The highest BCUT2D eigenvalue weighted by Crippen LogP contribution is 2.42. The Labute approximate surface area is 266 Å². The van der Waals surface area contributed by atoms with Crippen LogP contribution in [0.1, 0.15) is 71.6 Å². The first-order valence-electron chi connectivity index (χ1n) is 16.6. The number of aliphatic hydroxyl groups excluding tert-OH is 6. The van der Waals surface area contributed by atoms with Crippen LogP contribution in [0.25, 0.3) is 0 Å². The Hall–Kier alpha value is -1.87. The Balaban J connectivity index is 1.41. The predicted molar refractivity (Wildman–Crippen MR) is 165 cm³/mol. The van der Waals surface area contributed by atoms with Crippen molar-refractivity contribution in [3.63, 3.8) is 0 Å². The van der Waals surface area contributed by atoms with E-state index in [-0.39, 0.29) is 30.4 Å². The van der Waals surface area contributed by atoms with Gasteiger partial charge < -0.3 is 55.1 Å². The van der Waals surface area contributed by atoms with E-state index < -0.39 is 55.1 Å². The summed E-state index contributed by atoms with van der Waals surface area (Å²) in [4.78, 5) is 14.0. The van der Waals surface area contributed by atoms with Gasteiger partial charge >= 0.3 is 0 Å². The van der Waals surface area contributed by atoms with Gasteiger partial charge in [0.05, 0.1) is 31.5 Å². The van der Waals surface area contributed by atoms with Gasteiger partial charge in [-0.05, 0) is 70.8 Å². The van der Waals surface area contributed by atoms with Crippen LogP contribution >= 0.6 is 0 Å². The summed E-state index contributed by atoms with van der Waals surface area (Å²) in [5.41, 5.74) is 0. The number of hydrogen-bond acceptors (Lipinski definition) is 11. The first-order chi connectivity index (χ1) is 21.6. The maximum absolute atomic E-state index is 11.8. The normalized spacial score (nSPS) is 38.0. The van der Waals surface area contributed by atoms with E-state index in [1.807, 2.05) is 31.2 Å². The standard InChI is InChI=1S/C33H54N2O10/c1-3-34-28(39)10-7-5-4-6-9-24-23(15-13-22(37)14-16-29-35(21-11-12-21)17-8-18-43-29)25(38)19-26(24)44-33(2)32(42)31(41)30(40)27(20-36)45-33/h4,6,8,13,15,17,21-27,29-32,36-38,40-42H,3,5,7,9-12,14,16,18-20H2,1-2H3,(H,34,39)/b6-4-,15-13+/t22-,23-,24-,25-,26+,27?,29?,30-,31-,32?,33+/m1/s1. The molecular formula is C33H54N2O10. The molecule has 1 saturated heterocycles. The topological polar surface area (TPSA) is 181 Å². The number of aliphatic hydroxyl groups is 6. The SMILES string of the molecule is CCNC(=O)CCC/C=C\C[C@@H]1[C@@H](/C=C/[C@@H](O)CCC2OCC=CN2C2CC2)[C@H](O)C[C@@H]1O[C@@]1(C)OC(CO)[C@@H](O)[C@@H](O)C1O. The number of nitrogens with zero attached hydrogens (tertiary/aromatic N) is 1. The van der Waals surface area contributed by atoms with Crippen molar-refractivity contribution in [2.24, 2.45) is 11.8 Å². The highest BCUT2D eigenvalue weighted by Gasteiger charge is 2.54. The summed E-state index contributed by atoms with van der Waals surface area (Å²) >= 11 is 0. The number of unbranched alkanes of at least 4 members (excludes halogenated alkanes) is 1. The van der Waals surface area contributed by atoms with Crippen LogP contribution in [0.3, 0.4) is 0 Å². The zero-order valence-electron chi connectivity index (χ0n) is 26.6. The van der Waals surface area contributed by atoms with Gasteiger partial charge in [-0.3, -0.25) is 4.79 Å². The molecule has 12 nitrogen and oxygen atoms in total. The molecule has 0 aromatic heterocycles. The molecule has 0 aromatic carbocycles. The molecule has 256 valence electrons. The van der Waals surface area contributed by atoms with E-state index in [1.165, 1.54) is 6.92 Å². The second kappa shape index (κ2) is 16.8. The maximum Gasteiger partial charge on any atom is 0.219 e. The van der Waals surface area contributed by atoms with Crippen molar-refractivity contribution in [2.45, 2.75) is 132 Å². The third-order valence-corrected chi connectivity index (χ3v) is 9.38. The zero-order valence-corrected chi connectivity index (χ0v) is 26.6. The van der Waals surface area contributed by atoms with Gasteiger partial charge in [0.2, 0.25) is 5.91 Å². The van der Waals surface area contributed by atoms with Gasteiger partial charge in [0, 0.05) is 37.5 Å². The summed E-state index contributed by atoms with van der Waals surface area (Å²) in [6.07, 6.45) is 9.62. The minimum Gasteiger partial charge on any atom is -0.394 e. The molecule has 3 unspecified atom stereocenters. The van der Waals surface area contributed by atoms with Crippen LogP contribution in [0.2, 0.25) is 0 Å². The molecule has 12 heteroatoms. The molecular weight excluding hydrogens is 584 g/mol. The molecule has 0 bridgehead atoms. The number of nitrogens with one attached hydrogen (secondary N) is 1. The molecule has 3 fully saturated rings. The minimum atomic E-state index is -1.75. The van der Waals surface area contributed by atoms with E-state index in [0.29, 0.717) is 57.7 Å². The highest BCUT2D eigenvalue weighted by atomic mass is 16.7. The number of amides is 1. The molecule has 4 aliphatic rings. The average Bonchev–Trinajstić information content (AvgIpc) is 3.83. The number of rotatable bonds is 16. The largest absolute Gasteiger partial charge is 0.394 e. The number of allylic oxidation sites excluding steroid dienone is 2. The van der Waals surface area contributed by atoms with E-state index >= 15 is 0 Å². The second-order valence-electron chi connectivity index (χ2n) is 12.9. The average molecular weight is 639 g/mol. The van der Waals surface area contributed by atoms with Gasteiger partial charge in [-0.1, -0.05) is 24.3 Å². The van der Waals surface area contributed by atoms with Crippen molar-refractivity contribution in [1.29, 1.82) is 0 Å².